The number of fused-ring (bicyclic) bond motifs is 5. The van der Waals surface area contributed by atoms with Crippen LogP contribution in [-0.2, 0) is 9.59 Å². The summed E-state index contributed by atoms with van der Waals surface area (Å²) in [7, 11) is 0. The van der Waals surface area contributed by atoms with Crippen LogP contribution in [0.4, 0.5) is 0 Å². The van der Waals surface area contributed by atoms with Crippen molar-refractivity contribution in [1.82, 2.24) is 10.6 Å². The topological polar surface area (TPSA) is 78.4 Å². The zero-order valence-corrected chi connectivity index (χ0v) is 17.5. The van der Waals surface area contributed by atoms with Crippen LogP contribution in [0.2, 0.25) is 0 Å². The highest BCUT2D eigenvalue weighted by Crippen LogP contribution is 2.64. The molecule has 0 saturated heterocycles. The number of nitrogens with one attached hydrogen (secondary N) is 2. The first-order valence-corrected chi connectivity index (χ1v) is 10.8. The summed E-state index contributed by atoms with van der Waals surface area (Å²) in [6, 6.07) is 0.349. The van der Waals surface area contributed by atoms with E-state index in [2.05, 4.69) is 30.6 Å². The van der Waals surface area contributed by atoms with E-state index in [-0.39, 0.29) is 40.6 Å². The number of allylic oxidation sites excluding steroid dienone is 3. The molecule has 28 heavy (non-hydrogen) atoms. The molecule has 4 rings (SSSR count). The molecule has 0 bridgehead atoms. The number of aliphatic hydroxyl groups is 1. The summed E-state index contributed by atoms with van der Waals surface area (Å²) < 4.78 is 0. The highest BCUT2D eigenvalue weighted by Gasteiger charge is 2.62. The molecular formula is C23H34N2O3. The van der Waals surface area contributed by atoms with Crippen LogP contribution in [0.5, 0.6) is 0 Å². The fourth-order valence-corrected chi connectivity index (χ4v) is 7.36. The average Bonchev–Trinajstić information content (AvgIpc) is 2.92. The molecule has 4 aliphatic carbocycles. The third-order valence-electron chi connectivity index (χ3n) is 8.65. The lowest BCUT2D eigenvalue weighted by atomic mass is 9.45. The Kier molecular flexibility index (Phi) is 4.63. The van der Waals surface area contributed by atoms with Gasteiger partial charge < -0.3 is 15.7 Å². The summed E-state index contributed by atoms with van der Waals surface area (Å²) in [5, 5.41) is 16.6. The highest BCUT2D eigenvalue weighted by atomic mass is 16.3. The molecule has 5 heteroatoms. The van der Waals surface area contributed by atoms with E-state index < -0.39 is 0 Å². The summed E-state index contributed by atoms with van der Waals surface area (Å²) in [4.78, 5) is 23.8. The van der Waals surface area contributed by atoms with E-state index in [4.69, 9.17) is 0 Å². The number of amides is 2. The lowest BCUT2D eigenvalue weighted by Gasteiger charge is -2.60. The van der Waals surface area contributed by atoms with Gasteiger partial charge in [-0.1, -0.05) is 19.9 Å². The Morgan fingerprint density at radius 1 is 1.07 bits per heavy atom. The van der Waals surface area contributed by atoms with Gasteiger partial charge in [-0.3, -0.25) is 9.59 Å². The van der Waals surface area contributed by atoms with Gasteiger partial charge in [0.05, 0.1) is 0 Å². The monoisotopic (exact) mass is 386 g/mol. The van der Waals surface area contributed by atoms with E-state index in [1.807, 2.05) is 12.2 Å². The molecule has 0 heterocycles. The van der Waals surface area contributed by atoms with E-state index >= 15 is 0 Å². The number of aliphatic hydroxyl groups excluding tert-OH is 1. The fourth-order valence-electron chi connectivity index (χ4n) is 7.36. The average molecular weight is 387 g/mol. The van der Waals surface area contributed by atoms with Crippen molar-refractivity contribution in [2.75, 3.05) is 0 Å². The number of carbonyl (C=O) groups excluding carboxylic acids is 2. The van der Waals surface area contributed by atoms with Crippen molar-refractivity contribution in [2.45, 2.75) is 71.9 Å². The third kappa shape index (κ3) is 2.89. The molecule has 0 aromatic carbocycles. The predicted octanol–water partition coefficient (Wildman–Crippen LogP) is 3.48. The second kappa shape index (κ2) is 6.64. The Morgan fingerprint density at radius 2 is 1.79 bits per heavy atom. The molecule has 4 aliphatic rings. The van der Waals surface area contributed by atoms with Gasteiger partial charge in [-0.25, -0.2) is 0 Å². The molecule has 154 valence electrons. The standard InChI is InChI=1S/C23H34N2O3/c1-13(26)24-19-12-15-11-16(28)7-9-22(15,3)18-8-10-23(4)17(21(18)19)5-6-20(23)25-14(2)27/h7,9,11,15,17-21,28H,5-6,8,10,12H2,1-4H3,(H,24,26)(H,25,27)/t15?,17-,18+,19?,20?,21-,22-,23-/m0/s1. The van der Waals surface area contributed by atoms with Crippen molar-refractivity contribution in [3.05, 3.63) is 24.0 Å². The van der Waals surface area contributed by atoms with E-state index in [1.165, 1.54) is 0 Å². The van der Waals surface area contributed by atoms with Crippen molar-refractivity contribution in [2.24, 2.45) is 34.5 Å². The Hall–Kier alpha value is -1.78. The lowest BCUT2D eigenvalue weighted by Crippen LogP contribution is -2.61. The van der Waals surface area contributed by atoms with Gasteiger partial charge in [0, 0.05) is 25.9 Å². The first-order valence-electron chi connectivity index (χ1n) is 10.8. The van der Waals surface area contributed by atoms with Crippen molar-refractivity contribution in [3.8, 4) is 0 Å². The smallest absolute Gasteiger partial charge is 0.217 e. The van der Waals surface area contributed by atoms with E-state index in [9.17, 15) is 14.7 Å². The van der Waals surface area contributed by atoms with Crippen LogP contribution in [0.1, 0.15) is 59.8 Å². The Labute approximate surface area is 168 Å². The quantitative estimate of drug-likeness (QED) is 0.680. The molecular weight excluding hydrogens is 352 g/mol. The van der Waals surface area contributed by atoms with Crippen LogP contribution in [-0.4, -0.2) is 29.0 Å². The summed E-state index contributed by atoms with van der Waals surface area (Å²) >= 11 is 0. The molecule has 2 amide bonds. The Balaban J connectivity index is 1.71. The van der Waals surface area contributed by atoms with Crippen LogP contribution in [0.15, 0.2) is 24.0 Å². The van der Waals surface area contributed by atoms with Crippen molar-refractivity contribution < 1.29 is 14.7 Å². The van der Waals surface area contributed by atoms with Crippen molar-refractivity contribution in [3.63, 3.8) is 0 Å². The largest absolute Gasteiger partial charge is 0.508 e. The Bertz CT molecular complexity index is 744. The van der Waals surface area contributed by atoms with Gasteiger partial charge in [0.25, 0.3) is 0 Å². The van der Waals surface area contributed by atoms with Crippen LogP contribution < -0.4 is 10.6 Å². The van der Waals surface area contributed by atoms with Crippen molar-refractivity contribution >= 4 is 11.8 Å². The van der Waals surface area contributed by atoms with Gasteiger partial charge in [0.1, 0.15) is 5.76 Å². The van der Waals surface area contributed by atoms with Crippen molar-refractivity contribution in [1.29, 1.82) is 0 Å². The van der Waals surface area contributed by atoms with E-state index in [0.717, 1.165) is 32.1 Å². The molecule has 5 nitrogen and oxygen atoms in total. The number of hydrogen-bond donors (Lipinski definition) is 3. The number of rotatable bonds is 2. The van der Waals surface area contributed by atoms with Gasteiger partial charge in [-0.15, -0.1) is 0 Å². The predicted molar refractivity (Wildman–Crippen MR) is 108 cm³/mol. The molecule has 3 fully saturated rings. The van der Waals surface area contributed by atoms with Gasteiger partial charge >= 0.3 is 0 Å². The second-order valence-electron chi connectivity index (χ2n) is 10.1. The van der Waals surface area contributed by atoms with Gasteiger partial charge in [-0.2, -0.15) is 0 Å². The summed E-state index contributed by atoms with van der Waals surface area (Å²) in [6.45, 7) is 7.90. The van der Waals surface area contributed by atoms with Gasteiger partial charge in [0.15, 0.2) is 0 Å². The normalized spacial score (nSPS) is 46.6. The molecule has 0 spiro atoms. The summed E-state index contributed by atoms with van der Waals surface area (Å²) in [6.07, 6.45) is 11.2. The lowest BCUT2D eigenvalue weighted by molar-refractivity contribution is -0.125. The molecule has 0 aromatic heterocycles. The van der Waals surface area contributed by atoms with E-state index in [1.54, 1.807) is 13.8 Å². The molecule has 3 unspecified atom stereocenters. The maximum atomic E-state index is 12.0. The molecule has 0 aliphatic heterocycles. The Morgan fingerprint density at radius 3 is 2.46 bits per heavy atom. The minimum absolute atomic E-state index is 0.0132. The number of hydrogen-bond acceptors (Lipinski definition) is 3. The zero-order chi connectivity index (χ0) is 20.3. The minimum atomic E-state index is 0.0132. The maximum Gasteiger partial charge on any atom is 0.217 e. The van der Waals surface area contributed by atoms with Crippen LogP contribution in [0.25, 0.3) is 0 Å². The van der Waals surface area contributed by atoms with Crippen LogP contribution in [0.3, 0.4) is 0 Å². The zero-order valence-electron chi connectivity index (χ0n) is 17.5. The fraction of sp³-hybridized carbons (Fsp3) is 0.739. The summed E-state index contributed by atoms with van der Waals surface area (Å²) in [5.74, 6) is 2.03. The van der Waals surface area contributed by atoms with Gasteiger partial charge in [0.2, 0.25) is 11.8 Å². The molecule has 3 saturated carbocycles. The van der Waals surface area contributed by atoms with E-state index in [0.29, 0.717) is 23.5 Å². The summed E-state index contributed by atoms with van der Waals surface area (Å²) in [5.41, 5.74) is 0.0996. The molecule has 0 aromatic rings. The third-order valence-corrected chi connectivity index (χ3v) is 8.65. The molecule has 8 atom stereocenters. The molecule has 3 N–H and O–H groups in total. The molecule has 0 radical (unpaired) electrons. The SMILES string of the molecule is CC(=O)NC1CC2C=C(O)C=C[C@]2(C)[C@@H]2CC[C@]3(C)C(NC(C)=O)CC[C@H]3[C@H]12. The number of carbonyl (C=O) groups is 2. The first kappa shape index (κ1) is 19.5. The maximum absolute atomic E-state index is 12.0. The van der Waals surface area contributed by atoms with Crippen LogP contribution in [0, 0.1) is 34.5 Å². The minimum Gasteiger partial charge on any atom is -0.508 e. The van der Waals surface area contributed by atoms with Gasteiger partial charge in [-0.05, 0) is 78.8 Å². The second-order valence-corrected chi connectivity index (χ2v) is 10.1. The highest BCUT2D eigenvalue weighted by molar-refractivity contribution is 5.73. The first-order chi connectivity index (χ1) is 13.1. The van der Waals surface area contributed by atoms with Crippen LogP contribution >= 0.6 is 0 Å².